The number of phenolic OH excluding ortho intramolecular Hbond substituents is 1. The summed E-state index contributed by atoms with van der Waals surface area (Å²) in [6.07, 6.45) is 2.72. The first kappa shape index (κ1) is 23.4. The first-order valence-electron chi connectivity index (χ1n) is 10.2. The summed E-state index contributed by atoms with van der Waals surface area (Å²) in [5.41, 5.74) is -0.992. The standard InChI is InChI=1S/C22H29NO7/c1-4-7-12-30-18(25)13-15-14-22(20(26)28-5-2,21(27)29-6-3)23-19(15)16-10-8-9-11-17(16)24/h8-11,13,19,23-24H,4-7,12,14H2,1-3H3/b15-13+. The summed E-state index contributed by atoms with van der Waals surface area (Å²) < 4.78 is 15.5. The third-order valence-electron chi connectivity index (χ3n) is 4.77. The Morgan fingerprint density at radius 1 is 1.10 bits per heavy atom. The minimum Gasteiger partial charge on any atom is -0.508 e. The summed E-state index contributed by atoms with van der Waals surface area (Å²) in [6, 6.07) is 5.72. The molecule has 1 fully saturated rings. The fourth-order valence-electron chi connectivity index (χ4n) is 3.31. The summed E-state index contributed by atoms with van der Waals surface area (Å²) in [5.74, 6) is -2.22. The summed E-state index contributed by atoms with van der Waals surface area (Å²) in [7, 11) is 0. The van der Waals surface area contributed by atoms with Crippen molar-refractivity contribution < 1.29 is 33.7 Å². The van der Waals surface area contributed by atoms with E-state index in [1.807, 2.05) is 6.92 Å². The Morgan fingerprint density at radius 3 is 2.30 bits per heavy atom. The molecule has 164 valence electrons. The molecule has 0 spiro atoms. The zero-order valence-electron chi connectivity index (χ0n) is 17.6. The van der Waals surface area contributed by atoms with Crippen LogP contribution in [0.3, 0.4) is 0 Å². The number of rotatable bonds is 9. The second-order valence-corrected chi connectivity index (χ2v) is 6.90. The van der Waals surface area contributed by atoms with E-state index in [9.17, 15) is 19.5 Å². The van der Waals surface area contributed by atoms with Crippen LogP contribution in [0.1, 0.15) is 51.6 Å². The molecule has 1 unspecified atom stereocenters. The van der Waals surface area contributed by atoms with Crippen LogP contribution in [0.15, 0.2) is 35.9 Å². The number of hydrogen-bond acceptors (Lipinski definition) is 8. The molecule has 0 aliphatic carbocycles. The third-order valence-corrected chi connectivity index (χ3v) is 4.77. The van der Waals surface area contributed by atoms with Crippen LogP contribution in [0, 0.1) is 0 Å². The lowest BCUT2D eigenvalue weighted by Crippen LogP contribution is -2.56. The summed E-state index contributed by atoms with van der Waals surface area (Å²) in [4.78, 5) is 37.9. The topological polar surface area (TPSA) is 111 Å². The van der Waals surface area contributed by atoms with E-state index in [0.717, 1.165) is 12.8 Å². The lowest BCUT2D eigenvalue weighted by atomic mass is 9.93. The van der Waals surface area contributed by atoms with Gasteiger partial charge in [-0.05, 0) is 31.9 Å². The molecule has 1 aliphatic rings. The molecule has 2 N–H and O–H groups in total. The molecule has 8 heteroatoms. The fraction of sp³-hybridized carbons (Fsp3) is 0.500. The van der Waals surface area contributed by atoms with E-state index >= 15 is 0 Å². The second kappa shape index (κ2) is 10.8. The monoisotopic (exact) mass is 419 g/mol. The van der Waals surface area contributed by atoms with Gasteiger partial charge in [0.25, 0.3) is 0 Å². The predicted molar refractivity (Wildman–Crippen MR) is 109 cm³/mol. The van der Waals surface area contributed by atoms with E-state index in [-0.39, 0.29) is 32.0 Å². The maximum Gasteiger partial charge on any atom is 0.338 e. The number of hydrogen-bond donors (Lipinski definition) is 2. The number of para-hydroxylation sites is 1. The number of benzene rings is 1. The largest absolute Gasteiger partial charge is 0.508 e. The van der Waals surface area contributed by atoms with E-state index in [1.54, 1.807) is 32.0 Å². The van der Waals surface area contributed by atoms with Crippen molar-refractivity contribution in [3.05, 3.63) is 41.5 Å². The number of unbranched alkanes of at least 4 members (excludes halogenated alkanes) is 1. The van der Waals surface area contributed by atoms with Gasteiger partial charge >= 0.3 is 17.9 Å². The minimum absolute atomic E-state index is 0.0382. The Morgan fingerprint density at radius 2 is 1.73 bits per heavy atom. The molecule has 8 nitrogen and oxygen atoms in total. The highest BCUT2D eigenvalue weighted by molar-refractivity contribution is 6.06. The van der Waals surface area contributed by atoms with Crippen molar-refractivity contribution in [3.63, 3.8) is 0 Å². The molecular weight excluding hydrogens is 390 g/mol. The molecule has 0 radical (unpaired) electrons. The maximum absolute atomic E-state index is 12.8. The summed E-state index contributed by atoms with van der Waals surface area (Å²) in [6.45, 7) is 5.66. The van der Waals surface area contributed by atoms with Gasteiger partial charge < -0.3 is 19.3 Å². The van der Waals surface area contributed by atoms with Crippen molar-refractivity contribution in [2.45, 2.75) is 51.6 Å². The van der Waals surface area contributed by atoms with Crippen molar-refractivity contribution in [3.8, 4) is 5.75 Å². The second-order valence-electron chi connectivity index (χ2n) is 6.90. The molecular formula is C22H29NO7. The highest BCUT2D eigenvalue weighted by atomic mass is 16.6. The number of carbonyl (C=O) groups is 3. The van der Waals surface area contributed by atoms with E-state index < -0.39 is 29.5 Å². The Hall–Kier alpha value is -2.87. The molecule has 0 bridgehead atoms. The van der Waals surface area contributed by atoms with Gasteiger partial charge in [-0.3, -0.25) is 5.32 Å². The molecule has 1 aliphatic heterocycles. The Kier molecular flexibility index (Phi) is 8.41. The molecule has 1 aromatic rings. The minimum atomic E-state index is -1.82. The quantitative estimate of drug-likeness (QED) is 0.207. The van der Waals surface area contributed by atoms with Crippen LogP contribution < -0.4 is 5.32 Å². The van der Waals surface area contributed by atoms with Crippen molar-refractivity contribution >= 4 is 17.9 Å². The lowest BCUT2D eigenvalue weighted by Gasteiger charge is -2.25. The average molecular weight is 419 g/mol. The summed E-state index contributed by atoms with van der Waals surface area (Å²) in [5, 5.41) is 13.3. The molecule has 0 saturated carbocycles. The van der Waals surface area contributed by atoms with Crippen molar-refractivity contribution in [1.82, 2.24) is 5.32 Å². The molecule has 1 atom stereocenters. The third kappa shape index (κ3) is 5.18. The SMILES string of the molecule is CCCCOC(=O)/C=C1\CC(C(=O)OCC)(C(=O)OCC)NC1c1ccccc1O. The lowest BCUT2D eigenvalue weighted by molar-refractivity contribution is -0.165. The number of aromatic hydroxyl groups is 1. The van der Waals surface area contributed by atoms with Gasteiger partial charge in [0.05, 0.1) is 25.9 Å². The van der Waals surface area contributed by atoms with Gasteiger partial charge in [0.15, 0.2) is 0 Å². The molecule has 30 heavy (non-hydrogen) atoms. The Labute approximate surface area is 176 Å². The summed E-state index contributed by atoms with van der Waals surface area (Å²) >= 11 is 0. The van der Waals surface area contributed by atoms with Gasteiger partial charge in [0, 0.05) is 18.1 Å². The highest BCUT2D eigenvalue weighted by Gasteiger charge is 2.56. The predicted octanol–water partition coefficient (Wildman–Crippen LogP) is 2.56. The first-order valence-corrected chi connectivity index (χ1v) is 10.2. The van der Waals surface area contributed by atoms with Gasteiger partial charge in [-0.1, -0.05) is 31.5 Å². The van der Waals surface area contributed by atoms with E-state index in [2.05, 4.69) is 5.32 Å². The molecule has 0 amide bonds. The van der Waals surface area contributed by atoms with E-state index in [4.69, 9.17) is 14.2 Å². The molecule has 1 saturated heterocycles. The van der Waals surface area contributed by atoms with Crippen molar-refractivity contribution in [2.24, 2.45) is 0 Å². The molecule has 1 heterocycles. The smallest absolute Gasteiger partial charge is 0.338 e. The van der Waals surface area contributed by atoms with Gasteiger partial charge in [-0.15, -0.1) is 0 Å². The van der Waals surface area contributed by atoms with Gasteiger partial charge in [0.2, 0.25) is 5.54 Å². The van der Waals surface area contributed by atoms with Crippen LogP contribution >= 0.6 is 0 Å². The fourth-order valence-corrected chi connectivity index (χ4v) is 3.31. The van der Waals surface area contributed by atoms with Gasteiger partial charge in [0.1, 0.15) is 5.75 Å². The normalized spacial score (nSPS) is 18.8. The van der Waals surface area contributed by atoms with Crippen LogP contribution in [0.2, 0.25) is 0 Å². The molecule has 0 aromatic heterocycles. The zero-order chi connectivity index (χ0) is 22.1. The van der Waals surface area contributed by atoms with Gasteiger partial charge in [-0.2, -0.15) is 0 Å². The van der Waals surface area contributed by atoms with Crippen LogP contribution in [-0.4, -0.2) is 48.4 Å². The Balaban J connectivity index is 2.48. The van der Waals surface area contributed by atoms with Crippen LogP contribution in [0.5, 0.6) is 5.75 Å². The number of ether oxygens (including phenoxy) is 3. The zero-order valence-corrected chi connectivity index (χ0v) is 17.6. The highest BCUT2D eigenvalue weighted by Crippen LogP contribution is 2.42. The number of nitrogens with one attached hydrogen (secondary N) is 1. The van der Waals surface area contributed by atoms with Crippen molar-refractivity contribution in [1.29, 1.82) is 0 Å². The van der Waals surface area contributed by atoms with E-state index in [1.165, 1.54) is 12.1 Å². The van der Waals surface area contributed by atoms with E-state index in [0.29, 0.717) is 11.1 Å². The molecule has 2 rings (SSSR count). The Bertz CT molecular complexity index is 784. The average Bonchev–Trinajstić information content (AvgIpc) is 3.09. The van der Waals surface area contributed by atoms with Crippen LogP contribution in [0.4, 0.5) is 0 Å². The van der Waals surface area contributed by atoms with Crippen LogP contribution in [0.25, 0.3) is 0 Å². The molecule has 1 aromatic carbocycles. The maximum atomic E-state index is 12.8. The van der Waals surface area contributed by atoms with Crippen LogP contribution in [-0.2, 0) is 28.6 Å². The van der Waals surface area contributed by atoms with Gasteiger partial charge in [-0.25, -0.2) is 14.4 Å². The first-order chi connectivity index (χ1) is 14.4. The number of carbonyl (C=O) groups excluding carboxylic acids is 3. The number of phenols is 1. The van der Waals surface area contributed by atoms with Crippen molar-refractivity contribution in [2.75, 3.05) is 19.8 Å². The number of esters is 3.